The lowest BCUT2D eigenvalue weighted by molar-refractivity contribution is -0.137. The molecule has 11 heteroatoms. The van der Waals surface area contributed by atoms with Crippen LogP contribution >= 0.6 is 0 Å². The van der Waals surface area contributed by atoms with Crippen molar-refractivity contribution in [2.75, 3.05) is 44.8 Å². The second-order valence-electron chi connectivity index (χ2n) is 8.94. The summed E-state index contributed by atoms with van der Waals surface area (Å²) in [5, 5.41) is 23.2. The van der Waals surface area contributed by atoms with E-state index in [0.717, 1.165) is 6.07 Å². The molecule has 2 aliphatic heterocycles. The van der Waals surface area contributed by atoms with Crippen LogP contribution < -0.4 is 4.90 Å². The SMILES string of the molecule is COCc1c(C(=O)N2CC[C@@]3(CO)CN(c4ccc(C#N)c(C(F)(F)F)c4)C[C@H]3C2)noc1C. The normalized spacial score (nSPS) is 22.6. The summed E-state index contributed by atoms with van der Waals surface area (Å²) in [6.45, 7) is 3.18. The number of amides is 1. The number of fused-ring (bicyclic) bond motifs is 1. The fraction of sp³-hybridized carbons (Fsp3) is 0.522. The van der Waals surface area contributed by atoms with Gasteiger partial charge in [0.15, 0.2) is 5.69 Å². The maximum atomic E-state index is 13.5. The van der Waals surface area contributed by atoms with Gasteiger partial charge >= 0.3 is 6.18 Å². The van der Waals surface area contributed by atoms with E-state index in [2.05, 4.69) is 5.16 Å². The molecule has 2 aromatic rings. The van der Waals surface area contributed by atoms with Gasteiger partial charge in [-0.05, 0) is 31.5 Å². The van der Waals surface area contributed by atoms with Crippen molar-refractivity contribution < 1.29 is 32.3 Å². The van der Waals surface area contributed by atoms with Gasteiger partial charge < -0.3 is 24.2 Å². The van der Waals surface area contributed by atoms with Crippen molar-refractivity contribution in [3.8, 4) is 6.07 Å². The van der Waals surface area contributed by atoms with E-state index in [-0.39, 0.29) is 30.7 Å². The summed E-state index contributed by atoms with van der Waals surface area (Å²) in [6, 6.07) is 5.24. The molecule has 1 N–H and O–H groups in total. The quantitative estimate of drug-likeness (QED) is 0.705. The van der Waals surface area contributed by atoms with Crippen LogP contribution in [0.4, 0.5) is 18.9 Å². The average Bonchev–Trinajstić information content (AvgIpc) is 3.38. The van der Waals surface area contributed by atoms with E-state index in [4.69, 9.17) is 14.5 Å². The molecule has 34 heavy (non-hydrogen) atoms. The maximum Gasteiger partial charge on any atom is 0.417 e. The molecule has 1 aromatic carbocycles. The van der Waals surface area contributed by atoms with Gasteiger partial charge in [0.1, 0.15) is 5.76 Å². The Morgan fingerprint density at radius 1 is 1.41 bits per heavy atom. The number of hydrogen-bond donors (Lipinski definition) is 1. The zero-order valence-corrected chi connectivity index (χ0v) is 18.9. The fourth-order valence-electron chi connectivity index (χ4n) is 5.01. The van der Waals surface area contributed by atoms with Gasteiger partial charge in [-0.25, -0.2) is 0 Å². The Morgan fingerprint density at radius 3 is 2.82 bits per heavy atom. The molecular weight excluding hydrogens is 453 g/mol. The first kappa shape index (κ1) is 24.0. The maximum absolute atomic E-state index is 13.5. The average molecular weight is 478 g/mol. The first-order chi connectivity index (χ1) is 16.1. The number of aryl methyl sites for hydroxylation is 1. The molecule has 3 heterocycles. The number of anilines is 1. The Bertz CT molecular complexity index is 1130. The molecule has 8 nitrogen and oxygen atoms in total. The lowest BCUT2D eigenvalue weighted by atomic mass is 9.73. The van der Waals surface area contributed by atoms with Crippen LogP contribution in [0.5, 0.6) is 0 Å². The number of aromatic nitrogens is 1. The van der Waals surface area contributed by atoms with Crippen LogP contribution in [0, 0.1) is 29.6 Å². The molecule has 4 rings (SSSR count). The van der Waals surface area contributed by atoms with Crippen LogP contribution in [0.25, 0.3) is 0 Å². The largest absolute Gasteiger partial charge is 0.417 e. The lowest BCUT2D eigenvalue weighted by Crippen LogP contribution is -2.50. The van der Waals surface area contributed by atoms with Gasteiger partial charge in [-0.15, -0.1) is 0 Å². The Morgan fingerprint density at radius 2 is 2.18 bits per heavy atom. The van der Waals surface area contributed by atoms with E-state index in [1.54, 1.807) is 22.8 Å². The molecule has 1 aromatic heterocycles. The molecule has 1 amide bonds. The summed E-state index contributed by atoms with van der Waals surface area (Å²) >= 11 is 0. The third kappa shape index (κ3) is 4.12. The number of rotatable bonds is 5. The molecule has 0 saturated carbocycles. The van der Waals surface area contributed by atoms with Crippen molar-refractivity contribution in [3.63, 3.8) is 0 Å². The minimum atomic E-state index is -4.65. The smallest absolute Gasteiger partial charge is 0.396 e. The minimum absolute atomic E-state index is 0.142. The van der Waals surface area contributed by atoms with Crippen molar-refractivity contribution in [2.45, 2.75) is 26.1 Å². The summed E-state index contributed by atoms with van der Waals surface area (Å²) < 4.78 is 50.7. The lowest BCUT2D eigenvalue weighted by Gasteiger charge is -2.42. The van der Waals surface area contributed by atoms with Gasteiger partial charge in [0.05, 0.1) is 36.0 Å². The number of piperidine rings is 1. The molecule has 0 unspecified atom stereocenters. The Kier molecular flexibility index (Phi) is 6.31. The highest BCUT2D eigenvalue weighted by atomic mass is 19.4. The van der Waals surface area contributed by atoms with Crippen LogP contribution in [-0.4, -0.2) is 61.0 Å². The van der Waals surface area contributed by atoms with Gasteiger partial charge in [-0.1, -0.05) is 5.16 Å². The number of aliphatic hydroxyl groups excluding tert-OH is 1. The number of benzene rings is 1. The number of likely N-dealkylation sites (tertiary alicyclic amines) is 1. The highest BCUT2D eigenvalue weighted by molar-refractivity contribution is 5.94. The summed E-state index contributed by atoms with van der Waals surface area (Å²) in [5.41, 5.74) is -0.857. The monoisotopic (exact) mass is 478 g/mol. The first-order valence-corrected chi connectivity index (χ1v) is 10.8. The van der Waals surface area contributed by atoms with E-state index in [9.17, 15) is 23.1 Å². The Labute approximate surface area is 194 Å². The topological polar surface area (TPSA) is 103 Å². The van der Waals surface area contributed by atoms with E-state index >= 15 is 0 Å². The molecule has 182 valence electrons. The van der Waals surface area contributed by atoms with Crippen LogP contribution in [0.3, 0.4) is 0 Å². The van der Waals surface area contributed by atoms with Crippen molar-refractivity contribution in [3.05, 3.63) is 46.3 Å². The molecular formula is C23H25F3N4O4. The standard InChI is InChI=1S/C23H25F3N4O4/c1-14-18(11-33-2)20(28-34-14)21(32)29-6-5-22(13-31)12-30(10-16(22)9-29)17-4-3-15(8-27)19(7-17)23(24,25)26/h3-4,7,16,31H,5-6,9-13H2,1-2H3/t16-,22+/m1/s1. The van der Waals surface area contributed by atoms with Crippen molar-refractivity contribution in [2.24, 2.45) is 11.3 Å². The summed E-state index contributed by atoms with van der Waals surface area (Å²) in [6.07, 6.45) is -4.16. The number of alkyl halides is 3. The van der Waals surface area contributed by atoms with Crippen molar-refractivity contribution in [1.82, 2.24) is 10.1 Å². The van der Waals surface area contributed by atoms with E-state index in [1.807, 2.05) is 0 Å². The fourth-order valence-corrected chi connectivity index (χ4v) is 5.01. The van der Waals surface area contributed by atoms with Gasteiger partial charge in [0, 0.05) is 50.3 Å². The third-order valence-corrected chi connectivity index (χ3v) is 7.01. The van der Waals surface area contributed by atoms with Crippen molar-refractivity contribution >= 4 is 11.6 Å². The third-order valence-electron chi connectivity index (χ3n) is 7.01. The van der Waals surface area contributed by atoms with E-state index in [1.165, 1.54) is 19.2 Å². The number of aliphatic hydroxyl groups is 1. The van der Waals surface area contributed by atoms with E-state index in [0.29, 0.717) is 49.6 Å². The van der Waals surface area contributed by atoms with Gasteiger partial charge in [0.2, 0.25) is 0 Å². The molecule has 0 bridgehead atoms. The number of hydrogen-bond acceptors (Lipinski definition) is 7. The highest BCUT2D eigenvalue weighted by Gasteiger charge is 2.50. The number of ether oxygens (including phenoxy) is 1. The second-order valence-corrected chi connectivity index (χ2v) is 8.94. The summed E-state index contributed by atoms with van der Waals surface area (Å²) in [4.78, 5) is 16.6. The van der Waals surface area contributed by atoms with Crippen LogP contribution in [0.1, 0.15) is 39.4 Å². The number of nitriles is 1. The number of carbonyl (C=O) groups is 1. The molecule has 2 aliphatic rings. The van der Waals surface area contributed by atoms with Gasteiger partial charge in [0.25, 0.3) is 5.91 Å². The molecule has 0 aliphatic carbocycles. The molecule has 0 spiro atoms. The molecule has 2 atom stereocenters. The Hall–Kier alpha value is -3.10. The Balaban J connectivity index is 1.57. The number of nitrogens with zero attached hydrogens (tertiary/aromatic N) is 4. The predicted octanol–water partition coefficient (Wildman–Crippen LogP) is 2.98. The highest BCUT2D eigenvalue weighted by Crippen LogP contribution is 2.45. The molecule has 2 saturated heterocycles. The van der Waals surface area contributed by atoms with Gasteiger partial charge in [-0.2, -0.15) is 18.4 Å². The first-order valence-electron chi connectivity index (χ1n) is 10.8. The van der Waals surface area contributed by atoms with Crippen LogP contribution in [0.15, 0.2) is 22.7 Å². The molecule has 2 fully saturated rings. The van der Waals surface area contributed by atoms with Gasteiger partial charge in [-0.3, -0.25) is 4.79 Å². The second kappa shape index (κ2) is 8.92. The van der Waals surface area contributed by atoms with Crippen molar-refractivity contribution in [1.29, 1.82) is 5.26 Å². The number of halogens is 3. The minimum Gasteiger partial charge on any atom is -0.396 e. The summed E-state index contributed by atoms with van der Waals surface area (Å²) in [5.74, 6) is 0.0471. The number of methoxy groups -OCH3 is 1. The van der Waals surface area contributed by atoms with Crippen LogP contribution in [-0.2, 0) is 17.5 Å². The molecule has 0 radical (unpaired) electrons. The van der Waals surface area contributed by atoms with Crippen LogP contribution in [0.2, 0.25) is 0 Å². The predicted molar refractivity (Wildman–Crippen MR) is 114 cm³/mol. The number of carbonyl (C=O) groups excluding carboxylic acids is 1. The summed E-state index contributed by atoms with van der Waals surface area (Å²) in [7, 11) is 1.51. The zero-order chi connectivity index (χ0) is 24.7. The van der Waals surface area contributed by atoms with E-state index < -0.39 is 22.7 Å². The zero-order valence-electron chi connectivity index (χ0n) is 18.9.